The van der Waals surface area contributed by atoms with Gasteiger partial charge in [0.25, 0.3) is 0 Å². The van der Waals surface area contributed by atoms with Crippen LogP contribution in [0.5, 0.6) is 5.75 Å². The Labute approximate surface area is 110 Å². The smallest absolute Gasteiger partial charge is 0.127 e. The standard InChI is InChI=1S/C15H24N2O/c1-13(2)17-9-7-16(8-10-17)12-14-5-4-6-15(11-14)18-3/h4-6,11,13H,7-10,12H2,1-3H3/p+2. The Hall–Kier alpha value is -1.06. The molecule has 1 saturated heterocycles. The molecule has 1 aromatic rings. The quantitative estimate of drug-likeness (QED) is 0.729. The molecule has 0 radical (unpaired) electrons. The highest BCUT2D eigenvalue weighted by Crippen LogP contribution is 2.11. The number of hydrogen-bond acceptors (Lipinski definition) is 1. The number of ether oxygens (including phenoxy) is 1. The third-order valence-electron chi connectivity index (χ3n) is 4.00. The Morgan fingerprint density at radius 1 is 1.17 bits per heavy atom. The molecule has 0 aliphatic carbocycles. The van der Waals surface area contributed by atoms with E-state index in [1.165, 1.54) is 31.7 Å². The summed E-state index contributed by atoms with van der Waals surface area (Å²) >= 11 is 0. The molecule has 1 aromatic carbocycles. The minimum Gasteiger partial charge on any atom is -0.497 e. The Balaban J connectivity index is 1.87. The van der Waals surface area contributed by atoms with Crippen LogP contribution in [0.15, 0.2) is 24.3 Å². The first-order chi connectivity index (χ1) is 8.69. The summed E-state index contributed by atoms with van der Waals surface area (Å²) in [5, 5.41) is 0. The monoisotopic (exact) mass is 250 g/mol. The lowest BCUT2D eigenvalue weighted by molar-refractivity contribution is -1.03. The van der Waals surface area contributed by atoms with Crippen molar-refractivity contribution in [3.05, 3.63) is 29.8 Å². The van der Waals surface area contributed by atoms with Crippen molar-refractivity contribution in [2.24, 2.45) is 0 Å². The van der Waals surface area contributed by atoms with Crippen molar-refractivity contribution in [3.8, 4) is 5.75 Å². The number of quaternary nitrogens is 2. The molecule has 3 heteroatoms. The first-order valence-corrected chi connectivity index (χ1v) is 7.00. The Morgan fingerprint density at radius 2 is 1.89 bits per heavy atom. The average molecular weight is 250 g/mol. The van der Waals surface area contributed by atoms with E-state index in [-0.39, 0.29) is 0 Å². The van der Waals surface area contributed by atoms with Gasteiger partial charge in [-0.15, -0.1) is 0 Å². The number of nitrogens with one attached hydrogen (secondary N) is 2. The van der Waals surface area contributed by atoms with Gasteiger partial charge >= 0.3 is 0 Å². The van der Waals surface area contributed by atoms with Crippen molar-refractivity contribution in [2.45, 2.75) is 26.4 Å². The van der Waals surface area contributed by atoms with Crippen molar-refractivity contribution in [1.82, 2.24) is 0 Å². The molecular weight excluding hydrogens is 224 g/mol. The van der Waals surface area contributed by atoms with E-state index in [0.717, 1.165) is 18.3 Å². The SMILES string of the molecule is COc1cccc(C[NH+]2CC[NH+](C(C)C)CC2)c1. The molecule has 0 unspecified atom stereocenters. The molecule has 0 atom stereocenters. The van der Waals surface area contributed by atoms with Crippen LogP contribution in [-0.2, 0) is 6.54 Å². The lowest BCUT2D eigenvalue weighted by Gasteiger charge is -2.32. The predicted molar refractivity (Wildman–Crippen MR) is 73.2 cm³/mol. The molecule has 0 aromatic heterocycles. The van der Waals surface area contributed by atoms with E-state index in [0.29, 0.717) is 0 Å². The molecule has 2 rings (SSSR count). The van der Waals surface area contributed by atoms with Gasteiger partial charge in [-0.1, -0.05) is 12.1 Å². The van der Waals surface area contributed by atoms with Crippen molar-refractivity contribution in [1.29, 1.82) is 0 Å². The van der Waals surface area contributed by atoms with E-state index in [1.807, 2.05) is 6.07 Å². The zero-order chi connectivity index (χ0) is 13.0. The van der Waals surface area contributed by atoms with E-state index in [2.05, 4.69) is 32.0 Å². The van der Waals surface area contributed by atoms with Crippen LogP contribution in [0.4, 0.5) is 0 Å². The maximum absolute atomic E-state index is 5.28. The molecule has 1 aliphatic heterocycles. The number of hydrogen-bond donors (Lipinski definition) is 2. The fraction of sp³-hybridized carbons (Fsp3) is 0.600. The Morgan fingerprint density at radius 3 is 2.50 bits per heavy atom. The zero-order valence-corrected chi connectivity index (χ0v) is 11.8. The third-order valence-corrected chi connectivity index (χ3v) is 4.00. The van der Waals surface area contributed by atoms with Gasteiger partial charge in [-0.3, -0.25) is 0 Å². The van der Waals surface area contributed by atoms with E-state index < -0.39 is 0 Å². The van der Waals surface area contributed by atoms with Crippen LogP contribution in [0, 0.1) is 0 Å². The summed E-state index contributed by atoms with van der Waals surface area (Å²) in [6, 6.07) is 9.23. The first kappa shape index (κ1) is 13.4. The van der Waals surface area contributed by atoms with Crippen LogP contribution in [0.25, 0.3) is 0 Å². The second kappa shape index (κ2) is 6.21. The minimum absolute atomic E-state index is 0.767. The molecule has 0 bridgehead atoms. The Bertz CT molecular complexity index is 371. The highest BCUT2D eigenvalue weighted by Gasteiger charge is 2.24. The van der Waals surface area contributed by atoms with Crippen molar-refractivity contribution < 1.29 is 14.5 Å². The first-order valence-electron chi connectivity index (χ1n) is 7.00. The van der Waals surface area contributed by atoms with Gasteiger partial charge in [0.2, 0.25) is 0 Å². The number of piperazine rings is 1. The molecule has 1 aliphatic rings. The van der Waals surface area contributed by atoms with Crippen molar-refractivity contribution >= 4 is 0 Å². The van der Waals surface area contributed by atoms with Crippen LogP contribution < -0.4 is 14.5 Å². The van der Waals surface area contributed by atoms with Crippen LogP contribution in [0.3, 0.4) is 0 Å². The van der Waals surface area contributed by atoms with Crippen molar-refractivity contribution in [2.75, 3.05) is 33.3 Å². The lowest BCUT2D eigenvalue weighted by Crippen LogP contribution is -3.28. The molecular formula is C15H26N2O+2. The minimum atomic E-state index is 0.767. The zero-order valence-electron chi connectivity index (χ0n) is 11.8. The summed E-state index contributed by atoms with van der Waals surface area (Å²) in [7, 11) is 1.73. The summed E-state index contributed by atoms with van der Waals surface area (Å²) in [6.45, 7) is 10.9. The van der Waals surface area contributed by atoms with Crippen LogP contribution in [0.2, 0.25) is 0 Å². The molecule has 100 valence electrons. The number of rotatable bonds is 4. The highest BCUT2D eigenvalue weighted by atomic mass is 16.5. The average Bonchev–Trinajstić information content (AvgIpc) is 2.39. The van der Waals surface area contributed by atoms with Gasteiger partial charge in [0.15, 0.2) is 0 Å². The number of benzene rings is 1. The molecule has 0 amide bonds. The van der Waals surface area contributed by atoms with Crippen molar-refractivity contribution in [3.63, 3.8) is 0 Å². The maximum atomic E-state index is 5.28. The van der Waals surface area contributed by atoms with Gasteiger partial charge in [-0.25, -0.2) is 0 Å². The Kier molecular flexibility index (Phi) is 4.61. The van der Waals surface area contributed by atoms with Gasteiger partial charge in [0.05, 0.1) is 13.2 Å². The highest BCUT2D eigenvalue weighted by molar-refractivity contribution is 5.27. The van der Waals surface area contributed by atoms with Gasteiger partial charge in [-0.05, 0) is 26.0 Å². The topological polar surface area (TPSA) is 18.1 Å². The van der Waals surface area contributed by atoms with E-state index >= 15 is 0 Å². The molecule has 3 nitrogen and oxygen atoms in total. The maximum Gasteiger partial charge on any atom is 0.127 e. The fourth-order valence-electron chi connectivity index (χ4n) is 2.75. The second-order valence-corrected chi connectivity index (χ2v) is 5.59. The molecule has 18 heavy (non-hydrogen) atoms. The fourth-order valence-corrected chi connectivity index (χ4v) is 2.75. The summed E-state index contributed by atoms with van der Waals surface area (Å²) in [6.07, 6.45) is 0. The largest absolute Gasteiger partial charge is 0.497 e. The van der Waals surface area contributed by atoms with Gasteiger partial charge in [0.1, 0.15) is 38.5 Å². The molecule has 2 N–H and O–H groups in total. The third kappa shape index (κ3) is 3.47. The van der Waals surface area contributed by atoms with Crippen LogP contribution in [-0.4, -0.2) is 39.3 Å². The van der Waals surface area contributed by atoms with E-state index in [1.54, 1.807) is 16.9 Å². The summed E-state index contributed by atoms with van der Waals surface area (Å²) in [5.41, 5.74) is 1.39. The molecule has 1 heterocycles. The number of methoxy groups -OCH3 is 1. The molecule has 1 fully saturated rings. The van der Waals surface area contributed by atoms with E-state index in [9.17, 15) is 0 Å². The lowest BCUT2D eigenvalue weighted by atomic mass is 10.1. The van der Waals surface area contributed by atoms with Gasteiger partial charge < -0.3 is 14.5 Å². The molecule has 0 spiro atoms. The summed E-state index contributed by atoms with van der Waals surface area (Å²) in [5.74, 6) is 0.971. The van der Waals surface area contributed by atoms with Gasteiger partial charge in [0, 0.05) is 5.56 Å². The second-order valence-electron chi connectivity index (χ2n) is 5.59. The predicted octanol–water partition coefficient (Wildman–Crippen LogP) is -0.613. The molecule has 0 saturated carbocycles. The van der Waals surface area contributed by atoms with E-state index in [4.69, 9.17) is 4.74 Å². The van der Waals surface area contributed by atoms with Crippen LogP contribution in [0.1, 0.15) is 19.4 Å². The summed E-state index contributed by atoms with van der Waals surface area (Å²) in [4.78, 5) is 3.46. The summed E-state index contributed by atoms with van der Waals surface area (Å²) < 4.78 is 5.28. The van der Waals surface area contributed by atoms with Crippen LogP contribution >= 0.6 is 0 Å². The van der Waals surface area contributed by atoms with Gasteiger partial charge in [-0.2, -0.15) is 0 Å². The normalized spacial score (nSPS) is 24.2.